The van der Waals surface area contributed by atoms with Gasteiger partial charge in [0.05, 0.1) is 18.8 Å². The maximum absolute atomic E-state index is 4.65. The number of anilines is 1. The van der Waals surface area contributed by atoms with E-state index in [1.54, 1.807) is 6.20 Å². The van der Waals surface area contributed by atoms with Crippen molar-refractivity contribution in [2.45, 2.75) is 32.9 Å². The number of rotatable bonds is 6. The number of nitrogens with zero attached hydrogens (tertiary/aromatic N) is 5. The molecule has 0 unspecified atom stereocenters. The summed E-state index contributed by atoms with van der Waals surface area (Å²) in [6.45, 7) is 6.42. The van der Waals surface area contributed by atoms with Gasteiger partial charge in [0.15, 0.2) is 5.96 Å². The molecule has 0 spiro atoms. The zero-order valence-corrected chi connectivity index (χ0v) is 17.8. The molecule has 0 atom stereocenters. The standard InChI is InChI=1S/C18H27N7.HI/c1-3-19-18(22-14-16-8-9-23-24(16)2)21-13-15-6-7-17(20-12-15)25-10-4-5-11-25;/h6-9,12H,3-5,10-11,13-14H2,1-2H3,(H2,19,21,22);1H. The van der Waals surface area contributed by atoms with Gasteiger partial charge in [0.25, 0.3) is 0 Å². The second kappa shape index (κ2) is 10.3. The quantitative estimate of drug-likeness (QED) is 0.386. The number of hydrogen-bond donors (Lipinski definition) is 2. The summed E-state index contributed by atoms with van der Waals surface area (Å²) < 4.78 is 1.86. The van der Waals surface area contributed by atoms with Crippen molar-refractivity contribution in [2.24, 2.45) is 12.0 Å². The second-order valence-corrected chi connectivity index (χ2v) is 6.21. The van der Waals surface area contributed by atoms with Crippen LogP contribution >= 0.6 is 24.0 Å². The first-order chi connectivity index (χ1) is 12.3. The van der Waals surface area contributed by atoms with Crippen molar-refractivity contribution in [2.75, 3.05) is 24.5 Å². The molecule has 8 heteroatoms. The van der Waals surface area contributed by atoms with Crippen molar-refractivity contribution in [1.29, 1.82) is 0 Å². The Labute approximate surface area is 172 Å². The van der Waals surface area contributed by atoms with Crippen LogP contribution in [0.2, 0.25) is 0 Å². The minimum atomic E-state index is 0. The summed E-state index contributed by atoms with van der Waals surface area (Å²) in [6, 6.07) is 6.22. The summed E-state index contributed by atoms with van der Waals surface area (Å²) >= 11 is 0. The molecule has 1 saturated heterocycles. The van der Waals surface area contributed by atoms with E-state index in [1.807, 2.05) is 24.0 Å². The van der Waals surface area contributed by atoms with Crippen molar-refractivity contribution in [3.05, 3.63) is 41.9 Å². The summed E-state index contributed by atoms with van der Waals surface area (Å²) in [5.41, 5.74) is 2.22. The van der Waals surface area contributed by atoms with E-state index in [1.165, 1.54) is 12.8 Å². The van der Waals surface area contributed by atoms with Crippen molar-refractivity contribution < 1.29 is 0 Å². The van der Waals surface area contributed by atoms with Gasteiger partial charge in [-0.15, -0.1) is 24.0 Å². The monoisotopic (exact) mass is 469 g/mol. The number of halogens is 1. The lowest BCUT2D eigenvalue weighted by Gasteiger charge is -2.16. The zero-order chi connectivity index (χ0) is 17.5. The molecule has 2 aromatic heterocycles. The lowest BCUT2D eigenvalue weighted by atomic mass is 10.3. The van der Waals surface area contributed by atoms with Crippen molar-refractivity contribution in [3.8, 4) is 0 Å². The van der Waals surface area contributed by atoms with Crippen molar-refractivity contribution in [1.82, 2.24) is 25.4 Å². The van der Waals surface area contributed by atoms with Crippen LogP contribution in [0.15, 0.2) is 35.6 Å². The molecule has 1 aliphatic heterocycles. The zero-order valence-electron chi connectivity index (χ0n) is 15.5. The molecular formula is C18H28IN7. The Bertz CT molecular complexity index is 690. The largest absolute Gasteiger partial charge is 0.357 e. The van der Waals surface area contributed by atoms with Crippen LogP contribution in [0, 0.1) is 0 Å². The molecule has 0 aliphatic carbocycles. The highest BCUT2D eigenvalue weighted by atomic mass is 127. The van der Waals surface area contributed by atoms with Gasteiger partial charge in [0, 0.05) is 39.1 Å². The smallest absolute Gasteiger partial charge is 0.191 e. The molecule has 3 heterocycles. The molecule has 1 aliphatic rings. The SMILES string of the molecule is CCNC(=NCc1ccc(N2CCCC2)nc1)NCc1ccnn1C.I. The highest BCUT2D eigenvalue weighted by Gasteiger charge is 2.12. The molecule has 26 heavy (non-hydrogen) atoms. The molecule has 0 radical (unpaired) electrons. The van der Waals surface area contributed by atoms with Gasteiger partial charge in [-0.05, 0) is 37.5 Å². The van der Waals surface area contributed by atoms with Crippen LogP contribution in [0.1, 0.15) is 31.0 Å². The molecule has 2 aromatic rings. The van der Waals surface area contributed by atoms with Gasteiger partial charge in [-0.1, -0.05) is 6.07 Å². The summed E-state index contributed by atoms with van der Waals surface area (Å²) in [5.74, 6) is 1.87. The maximum Gasteiger partial charge on any atom is 0.191 e. The van der Waals surface area contributed by atoms with Crippen molar-refractivity contribution in [3.63, 3.8) is 0 Å². The summed E-state index contributed by atoms with van der Waals surface area (Å²) in [7, 11) is 1.94. The van der Waals surface area contributed by atoms with Crippen LogP contribution in [-0.4, -0.2) is 40.4 Å². The number of aromatic nitrogens is 3. The predicted molar refractivity (Wildman–Crippen MR) is 116 cm³/mol. The normalized spacial score (nSPS) is 14.2. The van der Waals surface area contributed by atoms with E-state index in [0.717, 1.165) is 42.7 Å². The number of aliphatic imine (C=N–C) groups is 1. The number of hydrogen-bond acceptors (Lipinski definition) is 4. The van der Waals surface area contributed by atoms with Crippen LogP contribution in [0.3, 0.4) is 0 Å². The molecule has 2 N–H and O–H groups in total. The lowest BCUT2D eigenvalue weighted by Crippen LogP contribution is -2.37. The number of guanidine groups is 1. The fourth-order valence-corrected chi connectivity index (χ4v) is 2.90. The van der Waals surface area contributed by atoms with E-state index in [2.05, 4.69) is 49.7 Å². The predicted octanol–water partition coefficient (Wildman–Crippen LogP) is 2.29. The molecule has 0 saturated carbocycles. The third kappa shape index (κ3) is 5.58. The third-order valence-electron chi connectivity index (χ3n) is 4.36. The van der Waals surface area contributed by atoms with Gasteiger partial charge in [-0.2, -0.15) is 5.10 Å². The van der Waals surface area contributed by atoms with Crippen LogP contribution in [0.5, 0.6) is 0 Å². The Morgan fingerprint density at radius 1 is 1.19 bits per heavy atom. The maximum atomic E-state index is 4.65. The molecule has 0 bridgehead atoms. The van der Waals surface area contributed by atoms with Crippen molar-refractivity contribution >= 4 is 35.8 Å². The molecular weight excluding hydrogens is 441 g/mol. The van der Waals surface area contributed by atoms with Gasteiger partial charge in [-0.25, -0.2) is 9.98 Å². The van der Waals surface area contributed by atoms with Gasteiger partial charge in [-0.3, -0.25) is 4.68 Å². The first kappa shape index (κ1) is 20.5. The van der Waals surface area contributed by atoms with E-state index in [0.29, 0.717) is 13.1 Å². The summed E-state index contributed by atoms with van der Waals surface area (Å²) in [5, 5.41) is 10.8. The first-order valence-electron chi connectivity index (χ1n) is 8.95. The Kier molecular flexibility index (Phi) is 8.14. The molecule has 0 amide bonds. The van der Waals surface area contributed by atoms with E-state index >= 15 is 0 Å². The van der Waals surface area contributed by atoms with Gasteiger partial charge in [0.2, 0.25) is 0 Å². The van der Waals surface area contributed by atoms with E-state index in [-0.39, 0.29) is 24.0 Å². The Morgan fingerprint density at radius 2 is 2.00 bits per heavy atom. The fourth-order valence-electron chi connectivity index (χ4n) is 2.90. The Morgan fingerprint density at radius 3 is 2.62 bits per heavy atom. The molecule has 7 nitrogen and oxygen atoms in total. The Hall–Kier alpha value is -1.84. The number of aryl methyl sites for hydroxylation is 1. The van der Waals surface area contributed by atoms with E-state index < -0.39 is 0 Å². The number of nitrogens with one attached hydrogen (secondary N) is 2. The number of pyridine rings is 1. The van der Waals surface area contributed by atoms with E-state index in [4.69, 9.17) is 0 Å². The fraction of sp³-hybridized carbons (Fsp3) is 0.500. The van der Waals surface area contributed by atoms with Gasteiger partial charge in [0.1, 0.15) is 5.82 Å². The highest BCUT2D eigenvalue weighted by Crippen LogP contribution is 2.17. The minimum absolute atomic E-state index is 0. The Balaban J connectivity index is 0.00000243. The molecule has 1 fully saturated rings. The van der Waals surface area contributed by atoms with Crippen LogP contribution in [-0.2, 0) is 20.1 Å². The van der Waals surface area contributed by atoms with Gasteiger partial charge < -0.3 is 15.5 Å². The molecule has 0 aromatic carbocycles. The van der Waals surface area contributed by atoms with Crippen LogP contribution < -0.4 is 15.5 Å². The third-order valence-corrected chi connectivity index (χ3v) is 4.36. The second-order valence-electron chi connectivity index (χ2n) is 6.21. The molecule has 142 valence electrons. The lowest BCUT2D eigenvalue weighted by molar-refractivity contribution is 0.685. The average Bonchev–Trinajstić information content (AvgIpc) is 3.30. The van der Waals surface area contributed by atoms with E-state index in [9.17, 15) is 0 Å². The minimum Gasteiger partial charge on any atom is -0.357 e. The molecule has 3 rings (SSSR count). The summed E-state index contributed by atoms with van der Waals surface area (Å²) in [4.78, 5) is 11.6. The van der Waals surface area contributed by atoms with Crippen LogP contribution in [0.4, 0.5) is 5.82 Å². The van der Waals surface area contributed by atoms with Crippen LogP contribution in [0.25, 0.3) is 0 Å². The average molecular weight is 469 g/mol. The topological polar surface area (TPSA) is 70.4 Å². The van der Waals surface area contributed by atoms with Gasteiger partial charge >= 0.3 is 0 Å². The first-order valence-corrected chi connectivity index (χ1v) is 8.95. The highest BCUT2D eigenvalue weighted by molar-refractivity contribution is 14.0. The summed E-state index contributed by atoms with van der Waals surface area (Å²) in [6.07, 6.45) is 6.26.